The fourth-order valence-corrected chi connectivity index (χ4v) is 3.47. The summed E-state index contributed by atoms with van der Waals surface area (Å²) in [6.45, 7) is 13.3. The number of carbonyl (C=O) groups excluding carboxylic acids is 1. The molecule has 0 atom stereocenters. The summed E-state index contributed by atoms with van der Waals surface area (Å²) in [4.78, 5) is 15.4. The van der Waals surface area contributed by atoms with Crippen LogP contribution in [0.15, 0.2) is 12.1 Å². The van der Waals surface area contributed by atoms with Crippen molar-refractivity contribution in [3.63, 3.8) is 0 Å². The van der Waals surface area contributed by atoms with E-state index >= 15 is 0 Å². The molecule has 5 heteroatoms. The van der Waals surface area contributed by atoms with Crippen LogP contribution in [0.25, 0.3) is 0 Å². The Morgan fingerprint density at radius 1 is 0.700 bits per heavy atom. The van der Waals surface area contributed by atoms with E-state index < -0.39 is 0 Å². The predicted octanol–water partition coefficient (Wildman–Crippen LogP) is 6.49. The van der Waals surface area contributed by atoms with Gasteiger partial charge in [0, 0.05) is 18.7 Å². The first-order valence-corrected chi connectivity index (χ1v) is 12.0. The minimum atomic E-state index is 0.0490. The number of hydrogen-bond donors (Lipinski definition) is 0. The van der Waals surface area contributed by atoms with E-state index in [1.54, 1.807) is 0 Å². The molecule has 0 spiro atoms. The van der Waals surface area contributed by atoms with Crippen molar-refractivity contribution in [1.29, 1.82) is 0 Å². The summed E-state index contributed by atoms with van der Waals surface area (Å²) in [7, 11) is 0. The smallest absolute Gasteiger partial charge is 0.254 e. The molecule has 0 radical (unpaired) electrons. The highest BCUT2D eigenvalue weighted by Crippen LogP contribution is 2.39. The molecule has 5 nitrogen and oxygen atoms in total. The Kier molecular flexibility index (Phi) is 13.8. The van der Waals surface area contributed by atoms with Crippen molar-refractivity contribution >= 4 is 5.91 Å². The largest absolute Gasteiger partial charge is 0.490 e. The van der Waals surface area contributed by atoms with Crippen molar-refractivity contribution < 1.29 is 19.0 Å². The summed E-state index contributed by atoms with van der Waals surface area (Å²) in [6, 6.07) is 3.62. The molecule has 1 amide bonds. The minimum absolute atomic E-state index is 0.0490. The van der Waals surface area contributed by atoms with Crippen LogP contribution in [0, 0.1) is 0 Å². The molecule has 1 aromatic rings. The highest BCUT2D eigenvalue weighted by atomic mass is 16.5. The van der Waals surface area contributed by atoms with Crippen LogP contribution in [0.3, 0.4) is 0 Å². The number of rotatable bonds is 17. The standard InChI is InChI=1S/C25H43NO4/c1-6-11-13-15-17-26(18-16-14-12-7-2)25(27)21-19-22(28-8-3)24(30-10-5)23(20-21)29-9-4/h19-20H,6-18H2,1-5H3. The molecule has 0 unspecified atom stereocenters. The van der Waals surface area contributed by atoms with Gasteiger partial charge in [-0.15, -0.1) is 0 Å². The Balaban J connectivity index is 3.10. The number of ether oxygens (including phenoxy) is 3. The van der Waals surface area contributed by atoms with Crippen molar-refractivity contribution in [1.82, 2.24) is 4.90 Å². The summed E-state index contributed by atoms with van der Waals surface area (Å²) in [5, 5.41) is 0. The van der Waals surface area contributed by atoms with Crippen LogP contribution in [-0.2, 0) is 0 Å². The van der Waals surface area contributed by atoms with Crippen LogP contribution < -0.4 is 14.2 Å². The van der Waals surface area contributed by atoms with Gasteiger partial charge in [-0.1, -0.05) is 52.4 Å². The molecule has 0 aromatic heterocycles. The molecule has 0 aliphatic rings. The van der Waals surface area contributed by atoms with Crippen molar-refractivity contribution in [2.45, 2.75) is 86.0 Å². The van der Waals surface area contributed by atoms with E-state index in [4.69, 9.17) is 14.2 Å². The molecule has 0 aliphatic carbocycles. The Labute approximate surface area is 184 Å². The van der Waals surface area contributed by atoms with Gasteiger partial charge in [0.25, 0.3) is 5.91 Å². The molecule has 0 fully saturated rings. The number of hydrogen-bond acceptors (Lipinski definition) is 4. The fraction of sp³-hybridized carbons (Fsp3) is 0.720. The van der Waals surface area contributed by atoms with Gasteiger partial charge in [-0.05, 0) is 45.7 Å². The lowest BCUT2D eigenvalue weighted by Gasteiger charge is -2.24. The number of nitrogens with zero attached hydrogens (tertiary/aromatic N) is 1. The average Bonchev–Trinajstić information content (AvgIpc) is 2.74. The van der Waals surface area contributed by atoms with Gasteiger partial charge in [-0.3, -0.25) is 4.79 Å². The third-order valence-corrected chi connectivity index (χ3v) is 5.01. The summed E-state index contributed by atoms with van der Waals surface area (Å²) in [5.74, 6) is 1.78. The molecular formula is C25H43NO4. The van der Waals surface area contributed by atoms with Crippen LogP contribution in [-0.4, -0.2) is 43.7 Å². The molecule has 0 saturated heterocycles. The minimum Gasteiger partial charge on any atom is -0.490 e. The predicted molar refractivity (Wildman–Crippen MR) is 124 cm³/mol. The van der Waals surface area contributed by atoms with Crippen molar-refractivity contribution in [3.05, 3.63) is 17.7 Å². The lowest BCUT2D eigenvalue weighted by molar-refractivity contribution is 0.0748. The van der Waals surface area contributed by atoms with Crippen molar-refractivity contribution in [3.8, 4) is 17.2 Å². The van der Waals surface area contributed by atoms with Gasteiger partial charge in [0.15, 0.2) is 11.5 Å². The van der Waals surface area contributed by atoms with E-state index in [0.717, 1.165) is 38.8 Å². The van der Waals surface area contributed by atoms with Gasteiger partial charge in [0.05, 0.1) is 19.8 Å². The van der Waals surface area contributed by atoms with Crippen LogP contribution in [0.2, 0.25) is 0 Å². The van der Waals surface area contributed by atoms with Gasteiger partial charge >= 0.3 is 0 Å². The van der Waals surface area contributed by atoms with Crippen molar-refractivity contribution in [2.75, 3.05) is 32.9 Å². The van der Waals surface area contributed by atoms with Crippen LogP contribution >= 0.6 is 0 Å². The van der Waals surface area contributed by atoms with Gasteiger partial charge in [-0.25, -0.2) is 0 Å². The molecule has 0 saturated carbocycles. The number of amides is 1. The first-order valence-electron chi connectivity index (χ1n) is 12.0. The van der Waals surface area contributed by atoms with E-state index in [0.29, 0.717) is 42.6 Å². The maximum Gasteiger partial charge on any atom is 0.254 e. The monoisotopic (exact) mass is 421 g/mol. The van der Waals surface area contributed by atoms with Crippen LogP contribution in [0.1, 0.15) is 96.3 Å². The summed E-state index contributed by atoms with van der Waals surface area (Å²) in [5.41, 5.74) is 0.608. The van der Waals surface area contributed by atoms with Crippen LogP contribution in [0.4, 0.5) is 0 Å². The molecule has 1 rings (SSSR count). The second kappa shape index (κ2) is 15.9. The molecule has 0 aliphatic heterocycles. The number of benzene rings is 1. The third kappa shape index (κ3) is 8.85. The first-order chi connectivity index (χ1) is 14.6. The van der Waals surface area contributed by atoms with E-state index in [1.807, 2.05) is 37.8 Å². The summed E-state index contributed by atoms with van der Waals surface area (Å²) < 4.78 is 17.4. The highest BCUT2D eigenvalue weighted by molar-refractivity contribution is 5.95. The molecule has 0 heterocycles. The second-order valence-electron chi connectivity index (χ2n) is 7.51. The molecule has 1 aromatic carbocycles. The SMILES string of the molecule is CCCCCCN(CCCCCC)C(=O)c1cc(OCC)c(OCC)c(OCC)c1. The van der Waals surface area contributed by atoms with Gasteiger partial charge in [-0.2, -0.15) is 0 Å². The maximum atomic E-state index is 13.4. The normalized spacial score (nSPS) is 10.7. The van der Waals surface area contributed by atoms with E-state index in [1.165, 1.54) is 25.7 Å². The van der Waals surface area contributed by atoms with Crippen LogP contribution in [0.5, 0.6) is 17.2 Å². The third-order valence-electron chi connectivity index (χ3n) is 5.01. The van der Waals surface area contributed by atoms with Crippen molar-refractivity contribution in [2.24, 2.45) is 0 Å². The molecule has 30 heavy (non-hydrogen) atoms. The highest BCUT2D eigenvalue weighted by Gasteiger charge is 2.21. The zero-order valence-electron chi connectivity index (χ0n) is 19.9. The van der Waals surface area contributed by atoms with Gasteiger partial charge in [0.1, 0.15) is 0 Å². The lowest BCUT2D eigenvalue weighted by atomic mass is 10.1. The zero-order chi connectivity index (χ0) is 22.2. The van der Waals surface area contributed by atoms with Gasteiger partial charge < -0.3 is 19.1 Å². The van der Waals surface area contributed by atoms with E-state index in [2.05, 4.69) is 13.8 Å². The lowest BCUT2D eigenvalue weighted by Crippen LogP contribution is -2.33. The molecule has 172 valence electrons. The summed E-state index contributed by atoms with van der Waals surface area (Å²) >= 11 is 0. The molecular weight excluding hydrogens is 378 g/mol. The Morgan fingerprint density at radius 2 is 1.17 bits per heavy atom. The van der Waals surface area contributed by atoms with Gasteiger partial charge in [0.2, 0.25) is 5.75 Å². The average molecular weight is 422 g/mol. The molecule has 0 bridgehead atoms. The van der Waals surface area contributed by atoms with E-state index in [-0.39, 0.29) is 5.91 Å². The second-order valence-corrected chi connectivity index (χ2v) is 7.51. The Morgan fingerprint density at radius 3 is 1.57 bits per heavy atom. The fourth-order valence-electron chi connectivity index (χ4n) is 3.47. The summed E-state index contributed by atoms with van der Waals surface area (Å²) in [6.07, 6.45) is 9.22. The number of carbonyl (C=O) groups is 1. The Hall–Kier alpha value is -1.91. The van der Waals surface area contributed by atoms with E-state index in [9.17, 15) is 4.79 Å². The quantitative estimate of drug-likeness (QED) is 0.270. The Bertz CT molecular complexity index is 564. The molecule has 0 N–H and O–H groups in total. The first kappa shape index (κ1) is 26.1. The number of unbranched alkanes of at least 4 members (excludes halogenated alkanes) is 6. The maximum absolute atomic E-state index is 13.4. The zero-order valence-corrected chi connectivity index (χ0v) is 19.9. The topological polar surface area (TPSA) is 48.0 Å².